The van der Waals surface area contributed by atoms with Crippen LogP contribution in [0, 0.1) is 6.92 Å². The molecule has 7 rings (SSSR count). The Morgan fingerprint density at radius 3 is 2.72 bits per heavy atom. The van der Waals surface area contributed by atoms with Crippen LogP contribution in [-0.2, 0) is 4.74 Å². The molecule has 0 saturated carbocycles. The van der Waals surface area contributed by atoms with Crippen molar-refractivity contribution in [2.45, 2.75) is 44.3 Å². The van der Waals surface area contributed by atoms with Gasteiger partial charge in [-0.1, -0.05) is 12.1 Å². The monoisotopic (exact) mass is 499 g/mol. The van der Waals surface area contributed by atoms with E-state index in [0.717, 1.165) is 70.2 Å². The van der Waals surface area contributed by atoms with E-state index < -0.39 is 0 Å². The number of hydrogen-bond donors (Lipinski definition) is 1. The second kappa shape index (κ2) is 9.06. The highest BCUT2D eigenvalue weighted by atomic mass is 32.1. The van der Waals surface area contributed by atoms with E-state index in [1.54, 1.807) is 11.3 Å². The average Bonchev–Trinajstić information content (AvgIpc) is 3.64. The molecule has 0 aromatic carbocycles. The molecule has 0 unspecified atom stereocenters. The smallest absolute Gasteiger partial charge is 0.143 e. The van der Waals surface area contributed by atoms with Gasteiger partial charge in [-0.15, -0.1) is 11.3 Å². The summed E-state index contributed by atoms with van der Waals surface area (Å²) in [5.74, 6) is 2.59. The number of aryl methyl sites for hydroxylation is 1. The van der Waals surface area contributed by atoms with Crippen LogP contribution in [0.1, 0.15) is 24.8 Å². The SMILES string of the molecule is Cc1cccnc1-c1nc2cc(Nc3cccc(N4C[C@@H]5C[C@H]4CN5C4CCOCC4)n3)ncc2s1. The number of nitrogens with one attached hydrogen (secondary N) is 1. The first kappa shape index (κ1) is 22.1. The van der Waals surface area contributed by atoms with E-state index in [0.29, 0.717) is 18.1 Å². The van der Waals surface area contributed by atoms with Gasteiger partial charge in [-0.3, -0.25) is 9.88 Å². The molecule has 1 N–H and O–H groups in total. The van der Waals surface area contributed by atoms with Crippen LogP contribution in [0.5, 0.6) is 0 Å². The van der Waals surface area contributed by atoms with Crippen molar-refractivity contribution in [2.24, 2.45) is 0 Å². The standard InChI is InChI=1S/C27H29N7OS/c1-17-4-3-9-28-26(17)27-30-21-13-24(29-14-22(21)36-27)31-23-5-2-6-25(32-23)34-16-19-12-20(34)15-33(19)18-7-10-35-11-8-18/h2-6,9,13-14,18-20H,7-8,10-12,15-16H2,1H3,(H,29,31,32)/t19-,20-/m0/s1. The van der Waals surface area contributed by atoms with Crippen LogP contribution in [0.4, 0.5) is 17.5 Å². The van der Waals surface area contributed by atoms with Gasteiger partial charge in [-0.05, 0) is 49.9 Å². The highest BCUT2D eigenvalue weighted by Gasteiger charge is 2.46. The summed E-state index contributed by atoms with van der Waals surface area (Å²) in [6.45, 7) is 6.06. The Hall–Kier alpha value is -3.14. The highest BCUT2D eigenvalue weighted by molar-refractivity contribution is 7.21. The minimum atomic E-state index is 0.540. The second-order valence-electron chi connectivity index (χ2n) is 9.97. The summed E-state index contributed by atoms with van der Waals surface area (Å²) in [7, 11) is 0. The Bertz CT molecular complexity index is 1400. The molecule has 36 heavy (non-hydrogen) atoms. The van der Waals surface area contributed by atoms with Gasteiger partial charge in [0, 0.05) is 62.9 Å². The Morgan fingerprint density at radius 2 is 1.89 bits per heavy atom. The average molecular weight is 500 g/mol. The van der Waals surface area contributed by atoms with E-state index >= 15 is 0 Å². The van der Waals surface area contributed by atoms with Crippen molar-refractivity contribution < 1.29 is 4.74 Å². The summed E-state index contributed by atoms with van der Waals surface area (Å²) in [4.78, 5) is 24.2. The van der Waals surface area contributed by atoms with Gasteiger partial charge in [0.2, 0.25) is 0 Å². The predicted molar refractivity (Wildman–Crippen MR) is 143 cm³/mol. The number of ether oxygens (including phenoxy) is 1. The molecule has 3 aliphatic rings. The molecule has 4 aromatic heterocycles. The van der Waals surface area contributed by atoms with Gasteiger partial charge >= 0.3 is 0 Å². The topological polar surface area (TPSA) is 79.3 Å². The molecule has 4 aromatic rings. The van der Waals surface area contributed by atoms with E-state index in [-0.39, 0.29) is 0 Å². The molecule has 2 atom stereocenters. The van der Waals surface area contributed by atoms with Gasteiger partial charge < -0.3 is 15.0 Å². The molecular weight excluding hydrogens is 470 g/mol. The lowest BCUT2D eigenvalue weighted by atomic mass is 10.1. The highest BCUT2D eigenvalue weighted by Crippen LogP contribution is 2.37. The lowest BCUT2D eigenvalue weighted by Crippen LogP contribution is -2.52. The third-order valence-corrected chi connectivity index (χ3v) is 8.73. The summed E-state index contributed by atoms with van der Waals surface area (Å²) in [6, 6.07) is 14.1. The number of rotatable bonds is 5. The molecule has 8 nitrogen and oxygen atoms in total. The molecule has 3 aliphatic heterocycles. The maximum atomic E-state index is 5.58. The number of piperazine rings is 1. The Morgan fingerprint density at radius 1 is 0.972 bits per heavy atom. The number of likely N-dealkylation sites (tertiary alicyclic amines) is 1. The van der Waals surface area contributed by atoms with Gasteiger partial charge in [0.05, 0.1) is 10.2 Å². The van der Waals surface area contributed by atoms with Crippen molar-refractivity contribution >= 4 is 39.0 Å². The molecule has 0 amide bonds. The summed E-state index contributed by atoms with van der Waals surface area (Å²) < 4.78 is 6.62. The zero-order chi connectivity index (χ0) is 24.1. The molecule has 2 bridgehead atoms. The molecule has 0 radical (unpaired) electrons. The summed E-state index contributed by atoms with van der Waals surface area (Å²) >= 11 is 1.62. The fourth-order valence-electron chi connectivity index (χ4n) is 5.94. The van der Waals surface area contributed by atoms with Crippen LogP contribution in [0.15, 0.2) is 48.8 Å². The maximum absolute atomic E-state index is 5.58. The first-order valence-corrected chi connectivity index (χ1v) is 13.6. The summed E-state index contributed by atoms with van der Waals surface area (Å²) in [6.07, 6.45) is 7.26. The largest absolute Gasteiger partial charge is 0.381 e. The van der Waals surface area contributed by atoms with Crippen LogP contribution >= 0.6 is 11.3 Å². The number of thiazole rings is 1. The number of nitrogens with zero attached hydrogens (tertiary/aromatic N) is 6. The van der Waals surface area contributed by atoms with Crippen molar-refractivity contribution in [3.63, 3.8) is 0 Å². The Balaban J connectivity index is 1.07. The van der Waals surface area contributed by atoms with E-state index in [9.17, 15) is 0 Å². The van der Waals surface area contributed by atoms with Crippen LogP contribution in [0.25, 0.3) is 20.9 Å². The van der Waals surface area contributed by atoms with Crippen molar-refractivity contribution in [1.29, 1.82) is 0 Å². The number of hydrogen-bond acceptors (Lipinski definition) is 9. The number of anilines is 3. The normalized spacial score (nSPS) is 22.5. The zero-order valence-corrected chi connectivity index (χ0v) is 21.1. The van der Waals surface area contributed by atoms with Crippen LogP contribution < -0.4 is 10.2 Å². The quantitative estimate of drug-likeness (QED) is 0.425. The Kier molecular flexibility index (Phi) is 5.56. The third kappa shape index (κ3) is 4.01. The van der Waals surface area contributed by atoms with E-state index in [4.69, 9.17) is 14.7 Å². The molecular formula is C27H29N7OS. The third-order valence-electron chi connectivity index (χ3n) is 7.72. The molecule has 0 aliphatic carbocycles. The van der Waals surface area contributed by atoms with Gasteiger partial charge in [-0.25, -0.2) is 15.0 Å². The van der Waals surface area contributed by atoms with Gasteiger partial charge in [-0.2, -0.15) is 0 Å². The molecule has 3 fully saturated rings. The van der Waals surface area contributed by atoms with E-state index in [2.05, 4.69) is 50.2 Å². The van der Waals surface area contributed by atoms with Crippen LogP contribution in [0.2, 0.25) is 0 Å². The minimum Gasteiger partial charge on any atom is -0.381 e. The van der Waals surface area contributed by atoms with Crippen LogP contribution in [-0.4, -0.2) is 69.3 Å². The number of aromatic nitrogens is 4. The fourth-order valence-corrected chi connectivity index (χ4v) is 6.92. The molecule has 0 spiro atoms. The minimum absolute atomic E-state index is 0.540. The first-order valence-electron chi connectivity index (χ1n) is 12.7. The number of pyridine rings is 3. The molecule has 184 valence electrons. The van der Waals surface area contributed by atoms with Crippen molar-refractivity contribution in [3.8, 4) is 10.7 Å². The van der Waals surface area contributed by atoms with E-state index in [1.807, 2.05) is 30.6 Å². The second-order valence-corrected chi connectivity index (χ2v) is 11.0. The number of fused-ring (bicyclic) bond motifs is 3. The summed E-state index contributed by atoms with van der Waals surface area (Å²) in [5, 5.41) is 4.32. The lowest BCUT2D eigenvalue weighted by molar-refractivity contribution is 0.0271. The van der Waals surface area contributed by atoms with Crippen molar-refractivity contribution in [2.75, 3.05) is 36.5 Å². The molecule has 7 heterocycles. The fraction of sp³-hybridized carbons (Fsp3) is 0.407. The van der Waals surface area contributed by atoms with Crippen LogP contribution in [0.3, 0.4) is 0 Å². The maximum Gasteiger partial charge on any atom is 0.143 e. The molecule has 3 saturated heterocycles. The van der Waals surface area contributed by atoms with Gasteiger partial charge in [0.25, 0.3) is 0 Å². The zero-order valence-electron chi connectivity index (χ0n) is 20.3. The van der Waals surface area contributed by atoms with Gasteiger partial charge in [0.15, 0.2) is 0 Å². The first-order chi connectivity index (χ1) is 17.7. The predicted octanol–water partition coefficient (Wildman–Crippen LogP) is 4.64. The van der Waals surface area contributed by atoms with Crippen molar-refractivity contribution in [1.82, 2.24) is 24.8 Å². The Labute approximate surface area is 214 Å². The van der Waals surface area contributed by atoms with Crippen molar-refractivity contribution in [3.05, 3.63) is 54.4 Å². The van der Waals surface area contributed by atoms with Gasteiger partial charge in [0.1, 0.15) is 28.2 Å². The summed E-state index contributed by atoms with van der Waals surface area (Å²) in [5.41, 5.74) is 2.96. The molecule has 9 heteroatoms. The lowest BCUT2D eigenvalue weighted by Gasteiger charge is -2.40. The van der Waals surface area contributed by atoms with E-state index in [1.165, 1.54) is 19.3 Å².